The molecule has 0 aliphatic heterocycles. The summed E-state index contributed by atoms with van der Waals surface area (Å²) >= 11 is 0. The average Bonchev–Trinajstić information content (AvgIpc) is 2.80. The van der Waals surface area contributed by atoms with Crippen LogP contribution in [0.1, 0.15) is 65.5 Å². The molecule has 0 unspecified atom stereocenters. The number of hydrogen-bond donors (Lipinski definition) is 2. The molecular formula is C25H35F3N2O6. The molecule has 0 fully saturated rings. The van der Waals surface area contributed by atoms with E-state index in [0.717, 1.165) is 24.3 Å². The summed E-state index contributed by atoms with van der Waals surface area (Å²) in [5, 5.41) is 2.95. The Morgan fingerprint density at radius 3 is 1.97 bits per heavy atom. The zero-order chi connectivity index (χ0) is 28.6. The second kappa shape index (κ2) is 13.3. The minimum atomic E-state index is -4.54. The molecule has 0 saturated carbocycles. The van der Waals surface area contributed by atoms with Gasteiger partial charge in [0.1, 0.15) is 12.1 Å². The van der Waals surface area contributed by atoms with Crippen LogP contribution in [0, 0.1) is 5.92 Å². The fourth-order valence-electron chi connectivity index (χ4n) is 3.24. The van der Waals surface area contributed by atoms with E-state index in [2.05, 4.69) is 5.32 Å². The quantitative estimate of drug-likeness (QED) is 0.411. The molecule has 0 heterocycles. The smallest absolute Gasteiger partial charge is 0.416 e. The van der Waals surface area contributed by atoms with Gasteiger partial charge in [0.05, 0.1) is 24.2 Å². The van der Waals surface area contributed by atoms with Gasteiger partial charge in [0.2, 0.25) is 11.8 Å². The van der Waals surface area contributed by atoms with Crippen molar-refractivity contribution in [3.63, 3.8) is 0 Å². The Labute approximate surface area is 210 Å². The third kappa shape index (κ3) is 8.83. The van der Waals surface area contributed by atoms with E-state index >= 15 is 0 Å². The van der Waals surface area contributed by atoms with Gasteiger partial charge in [-0.15, -0.1) is 0 Å². The van der Waals surface area contributed by atoms with Gasteiger partial charge in [0.15, 0.2) is 1.41 Å². The van der Waals surface area contributed by atoms with Crippen molar-refractivity contribution < 1.29 is 43.2 Å². The van der Waals surface area contributed by atoms with Gasteiger partial charge >= 0.3 is 18.1 Å². The Morgan fingerprint density at radius 2 is 1.50 bits per heavy atom. The van der Waals surface area contributed by atoms with Crippen LogP contribution in [0.3, 0.4) is 0 Å². The molecule has 2 atom stereocenters. The monoisotopic (exact) mass is 517 g/mol. The largest absolute Gasteiger partial charge is 0.466 e. The van der Waals surface area contributed by atoms with Crippen LogP contribution < -0.4 is 10.6 Å². The van der Waals surface area contributed by atoms with E-state index in [4.69, 9.17) is 10.9 Å². The third-order valence-electron chi connectivity index (χ3n) is 5.46. The summed E-state index contributed by atoms with van der Waals surface area (Å²) in [6, 6.07) is 1.44. The van der Waals surface area contributed by atoms with Crippen LogP contribution in [0.2, 0.25) is 1.41 Å². The number of halogens is 3. The Hall–Kier alpha value is -3.11. The number of carbonyl (C=O) groups excluding carboxylic acids is 4. The highest BCUT2D eigenvalue weighted by molar-refractivity contribution is 5.94. The van der Waals surface area contributed by atoms with Crippen molar-refractivity contribution in [3.05, 3.63) is 35.4 Å². The highest BCUT2D eigenvalue weighted by Gasteiger charge is 2.36. The fraction of sp³-hybridized carbons (Fsp3) is 0.600. The molecule has 36 heavy (non-hydrogen) atoms. The van der Waals surface area contributed by atoms with Crippen molar-refractivity contribution in [2.24, 2.45) is 5.92 Å². The van der Waals surface area contributed by atoms with Crippen LogP contribution in [0.4, 0.5) is 13.2 Å². The lowest BCUT2D eigenvalue weighted by atomic mass is 9.82. The Morgan fingerprint density at radius 1 is 0.972 bits per heavy atom. The minimum absolute atomic E-state index is 0.0304. The van der Waals surface area contributed by atoms with Gasteiger partial charge in [-0.05, 0) is 57.7 Å². The number of amides is 2. The maximum Gasteiger partial charge on any atom is 0.416 e. The van der Waals surface area contributed by atoms with Crippen molar-refractivity contribution >= 4 is 23.8 Å². The summed E-state index contributed by atoms with van der Waals surface area (Å²) in [5.41, 5.74) is -2.09. The highest BCUT2D eigenvalue weighted by Crippen LogP contribution is 2.31. The van der Waals surface area contributed by atoms with E-state index in [0.29, 0.717) is 5.31 Å². The molecule has 0 spiro atoms. The first-order valence-electron chi connectivity index (χ1n) is 12.1. The second-order valence-electron chi connectivity index (χ2n) is 8.98. The molecule has 0 saturated heterocycles. The zero-order valence-electron chi connectivity index (χ0n) is 22.4. The molecule has 11 heteroatoms. The number of nitrogens with one attached hydrogen (secondary N) is 2. The molecule has 8 nitrogen and oxygen atoms in total. The molecule has 0 aromatic heterocycles. The van der Waals surface area contributed by atoms with Gasteiger partial charge in [0, 0.05) is 6.42 Å². The minimum Gasteiger partial charge on any atom is -0.466 e. The van der Waals surface area contributed by atoms with E-state index in [9.17, 15) is 32.3 Å². The van der Waals surface area contributed by atoms with E-state index in [1.54, 1.807) is 27.7 Å². The van der Waals surface area contributed by atoms with Crippen molar-refractivity contribution in [2.75, 3.05) is 13.2 Å². The Kier molecular flexibility index (Phi) is 10.7. The molecule has 0 aliphatic carbocycles. The lowest BCUT2D eigenvalue weighted by Gasteiger charge is -2.30. The van der Waals surface area contributed by atoms with Crippen molar-refractivity contribution in [1.82, 2.24) is 10.6 Å². The molecule has 1 aromatic rings. The number of alkyl halides is 3. The van der Waals surface area contributed by atoms with Gasteiger partial charge in [-0.3, -0.25) is 14.4 Å². The molecular weight excluding hydrogens is 481 g/mol. The third-order valence-corrected chi connectivity index (χ3v) is 5.46. The first-order chi connectivity index (χ1) is 17.1. The predicted octanol–water partition coefficient (Wildman–Crippen LogP) is 3.52. The predicted molar refractivity (Wildman–Crippen MR) is 126 cm³/mol. The van der Waals surface area contributed by atoms with Gasteiger partial charge in [0.25, 0.3) is 0 Å². The normalized spacial score (nSPS) is 13.9. The highest BCUT2D eigenvalue weighted by atomic mass is 19.4. The number of benzene rings is 1. The molecule has 2 N–H and O–H groups in total. The Balaban J connectivity index is 3.14. The van der Waals surface area contributed by atoms with E-state index < -0.39 is 58.9 Å². The first kappa shape index (κ1) is 29.1. The van der Waals surface area contributed by atoms with Crippen LogP contribution in [0.15, 0.2) is 24.3 Å². The van der Waals surface area contributed by atoms with Crippen molar-refractivity contribution in [3.8, 4) is 0 Å². The van der Waals surface area contributed by atoms with Gasteiger partial charge in [-0.2, -0.15) is 13.2 Å². The summed E-state index contributed by atoms with van der Waals surface area (Å²) in [5.74, 6) is -3.57. The topological polar surface area (TPSA) is 111 Å². The van der Waals surface area contributed by atoms with Crippen LogP contribution in [-0.4, -0.2) is 49.1 Å². The lowest BCUT2D eigenvalue weighted by molar-refractivity contribution is -0.149. The molecule has 1 aromatic carbocycles. The molecule has 2 amide bonds. The van der Waals surface area contributed by atoms with Crippen LogP contribution >= 0.6 is 0 Å². The summed E-state index contributed by atoms with van der Waals surface area (Å²) in [4.78, 5) is 50.6. The van der Waals surface area contributed by atoms with Crippen LogP contribution in [0.5, 0.6) is 0 Å². The average molecular weight is 518 g/mol. The van der Waals surface area contributed by atoms with Crippen LogP contribution in [0.25, 0.3) is 0 Å². The number of carbonyl (C=O) groups is 4. The maximum absolute atomic E-state index is 13.3. The summed E-state index contributed by atoms with van der Waals surface area (Å²) in [6.07, 6.45) is -4.83. The van der Waals surface area contributed by atoms with Crippen molar-refractivity contribution in [1.29, 1.82) is 0 Å². The Bertz CT molecular complexity index is 951. The molecule has 202 valence electrons. The standard InChI is InChI=1S/C25H35F3N2O6/c1-7-35-19(31)14-13-18(22(33)36-8-2)29-21(32)20(15(3)4)30-23(34)24(5,6)16-9-11-17(12-10-16)25(26,27)28/h9-12,15,18,20H,7-8,13-14H2,1-6H3,(H,29,32)(H,30,34)/t18-,20-/m0/s1/i/hD. The number of rotatable bonds is 12. The molecule has 0 radical (unpaired) electrons. The first-order valence-corrected chi connectivity index (χ1v) is 11.7. The number of ether oxygens (including phenoxy) is 2. The van der Waals surface area contributed by atoms with Crippen LogP contribution in [-0.2, 0) is 40.2 Å². The SMILES string of the molecule is [2H]N(C(=O)C(C)(C)c1ccc(C(F)(F)F)cc1)[C@H](C(=O)N[C@@H](CCC(=O)OCC)C(=O)OCC)C(C)C. The summed E-state index contributed by atoms with van der Waals surface area (Å²) in [6.45, 7) is 9.46. The zero-order valence-corrected chi connectivity index (χ0v) is 21.4. The molecule has 1 rings (SSSR count). The summed E-state index contributed by atoms with van der Waals surface area (Å²) in [7, 11) is 0. The lowest BCUT2D eigenvalue weighted by Crippen LogP contribution is -2.56. The van der Waals surface area contributed by atoms with Crippen molar-refractivity contribution in [2.45, 2.75) is 78.1 Å². The fourth-order valence-corrected chi connectivity index (χ4v) is 3.24. The number of hydrogen-bond acceptors (Lipinski definition) is 6. The van der Waals surface area contributed by atoms with E-state index in [-0.39, 0.29) is 31.6 Å². The molecule has 0 aliphatic rings. The van der Waals surface area contributed by atoms with Gasteiger partial charge < -0.3 is 20.1 Å². The van der Waals surface area contributed by atoms with E-state index in [1.807, 2.05) is 0 Å². The molecule has 0 bridgehead atoms. The number of esters is 2. The van der Waals surface area contributed by atoms with E-state index in [1.165, 1.54) is 13.8 Å². The van der Waals surface area contributed by atoms with Gasteiger partial charge in [-0.1, -0.05) is 26.0 Å². The maximum atomic E-state index is 13.3. The second-order valence-corrected chi connectivity index (χ2v) is 8.98. The summed E-state index contributed by atoms with van der Waals surface area (Å²) < 4.78 is 57.1. The van der Waals surface area contributed by atoms with Gasteiger partial charge in [-0.25, -0.2) is 4.79 Å².